The van der Waals surface area contributed by atoms with Crippen molar-refractivity contribution < 1.29 is 9.47 Å². The molecule has 0 aromatic carbocycles. The summed E-state index contributed by atoms with van der Waals surface area (Å²) in [6, 6.07) is 0. The van der Waals surface area contributed by atoms with Gasteiger partial charge in [-0.1, -0.05) is 6.92 Å². The maximum Gasteiger partial charge on any atom is 0.191 e. The normalized spacial score (nSPS) is 15.3. The predicted molar refractivity (Wildman–Crippen MR) is 121 cm³/mol. The Balaban J connectivity index is 0.00000392. The largest absolute Gasteiger partial charge is 0.385 e. The van der Waals surface area contributed by atoms with Gasteiger partial charge in [-0.25, -0.2) is 0 Å². The number of aliphatic imine (C=N–C) groups is 1. The Morgan fingerprint density at radius 2 is 2.00 bits per heavy atom. The molecule has 1 fully saturated rings. The molecule has 0 amide bonds. The molecule has 0 bridgehead atoms. The van der Waals surface area contributed by atoms with Gasteiger partial charge in [0.2, 0.25) is 0 Å². The average molecular weight is 509 g/mol. The number of aromatic nitrogens is 3. The molecule has 0 atom stereocenters. The van der Waals surface area contributed by atoms with Crippen LogP contribution in [0, 0.1) is 0 Å². The molecule has 2 rings (SSSR count). The molecule has 10 heteroatoms. The summed E-state index contributed by atoms with van der Waals surface area (Å²) >= 11 is 0. The van der Waals surface area contributed by atoms with Gasteiger partial charge in [-0.2, -0.15) is 0 Å². The zero-order valence-electron chi connectivity index (χ0n) is 17.2. The van der Waals surface area contributed by atoms with Crippen molar-refractivity contribution in [1.29, 1.82) is 0 Å². The number of aryl methyl sites for hydroxylation is 1. The monoisotopic (exact) mass is 509 g/mol. The molecule has 0 saturated carbocycles. The van der Waals surface area contributed by atoms with Gasteiger partial charge in [0.15, 0.2) is 5.96 Å². The van der Waals surface area contributed by atoms with Crippen molar-refractivity contribution in [3.8, 4) is 0 Å². The van der Waals surface area contributed by atoms with Crippen LogP contribution in [0.1, 0.15) is 25.6 Å². The molecular weight excluding hydrogens is 473 g/mol. The van der Waals surface area contributed by atoms with E-state index in [0.717, 1.165) is 96.7 Å². The first-order chi connectivity index (χ1) is 13.3. The quantitative estimate of drug-likeness (QED) is 0.186. The van der Waals surface area contributed by atoms with Crippen LogP contribution in [0.5, 0.6) is 0 Å². The third-order valence-electron chi connectivity index (χ3n) is 4.48. The molecule has 0 aliphatic carbocycles. The Bertz CT molecular complexity index is 536. The van der Waals surface area contributed by atoms with Gasteiger partial charge < -0.3 is 24.7 Å². The molecule has 1 aromatic rings. The number of nitrogens with one attached hydrogen (secondary N) is 2. The minimum Gasteiger partial charge on any atom is -0.385 e. The van der Waals surface area contributed by atoms with Gasteiger partial charge >= 0.3 is 0 Å². The fraction of sp³-hybridized carbons (Fsp3) is 0.833. The van der Waals surface area contributed by atoms with Crippen molar-refractivity contribution in [1.82, 2.24) is 30.3 Å². The number of ether oxygens (including phenoxy) is 2. The van der Waals surface area contributed by atoms with Crippen molar-refractivity contribution in [3.63, 3.8) is 0 Å². The molecule has 9 nitrogen and oxygen atoms in total. The van der Waals surface area contributed by atoms with Gasteiger partial charge in [-0.3, -0.25) is 9.89 Å². The standard InChI is InChI=1S/C18H35N7O2.HI/c1-3-17-23-22-16-25(17)10-8-21-18(20-7-5-13-26-2)19-6-4-9-24-11-14-27-15-12-24;/h16H,3-15H2,1-2H3,(H2,19,20,21);1H. The van der Waals surface area contributed by atoms with Crippen LogP contribution in [0.25, 0.3) is 0 Å². The fourth-order valence-corrected chi connectivity index (χ4v) is 2.94. The summed E-state index contributed by atoms with van der Waals surface area (Å²) in [7, 11) is 1.72. The fourth-order valence-electron chi connectivity index (χ4n) is 2.94. The summed E-state index contributed by atoms with van der Waals surface area (Å²) in [6.45, 7) is 10.9. The van der Waals surface area contributed by atoms with Gasteiger partial charge in [0.25, 0.3) is 0 Å². The second-order valence-corrected chi connectivity index (χ2v) is 6.53. The van der Waals surface area contributed by atoms with Gasteiger partial charge in [0.05, 0.1) is 13.2 Å². The Kier molecular flexibility index (Phi) is 14.2. The van der Waals surface area contributed by atoms with E-state index in [0.29, 0.717) is 0 Å². The van der Waals surface area contributed by atoms with E-state index in [9.17, 15) is 0 Å². The zero-order chi connectivity index (χ0) is 19.2. The molecular formula is C18H36IN7O2. The summed E-state index contributed by atoms with van der Waals surface area (Å²) in [5, 5.41) is 15.0. The summed E-state index contributed by atoms with van der Waals surface area (Å²) in [5.74, 6) is 1.87. The summed E-state index contributed by atoms with van der Waals surface area (Å²) in [6.07, 6.45) is 4.68. The molecule has 0 radical (unpaired) electrons. The molecule has 0 unspecified atom stereocenters. The second-order valence-electron chi connectivity index (χ2n) is 6.53. The number of rotatable bonds is 12. The van der Waals surface area contributed by atoms with Gasteiger partial charge in [0.1, 0.15) is 12.2 Å². The van der Waals surface area contributed by atoms with E-state index < -0.39 is 0 Å². The highest BCUT2D eigenvalue weighted by Gasteiger charge is 2.09. The third kappa shape index (κ3) is 9.99. The van der Waals surface area contributed by atoms with E-state index in [-0.39, 0.29) is 24.0 Å². The lowest BCUT2D eigenvalue weighted by atomic mass is 10.3. The van der Waals surface area contributed by atoms with Crippen LogP contribution in [0.15, 0.2) is 11.3 Å². The number of methoxy groups -OCH3 is 1. The second kappa shape index (κ2) is 15.9. The highest BCUT2D eigenvalue weighted by Crippen LogP contribution is 1.97. The smallest absolute Gasteiger partial charge is 0.191 e. The van der Waals surface area contributed by atoms with E-state index in [4.69, 9.17) is 9.47 Å². The van der Waals surface area contributed by atoms with Gasteiger partial charge in [-0.05, 0) is 19.4 Å². The molecule has 1 aliphatic heterocycles. The summed E-state index contributed by atoms with van der Waals surface area (Å²) in [5.41, 5.74) is 0. The van der Waals surface area contributed by atoms with E-state index in [2.05, 4.69) is 42.2 Å². The molecule has 162 valence electrons. The van der Waals surface area contributed by atoms with Crippen LogP contribution in [-0.2, 0) is 22.4 Å². The minimum absolute atomic E-state index is 0. The van der Waals surface area contributed by atoms with Crippen molar-refractivity contribution in [2.24, 2.45) is 4.99 Å². The van der Waals surface area contributed by atoms with Crippen molar-refractivity contribution in [2.75, 3.05) is 66.2 Å². The Morgan fingerprint density at radius 3 is 2.75 bits per heavy atom. The Labute approximate surface area is 185 Å². The van der Waals surface area contributed by atoms with Gasteiger partial charge in [-0.15, -0.1) is 34.2 Å². The van der Waals surface area contributed by atoms with E-state index in [1.54, 1.807) is 13.4 Å². The number of hydrogen-bond donors (Lipinski definition) is 2. The molecule has 1 saturated heterocycles. The molecule has 2 heterocycles. The SMILES string of the molecule is CCc1nncn1CCNC(=NCCCOC)NCCCN1CCOCC1.I. The van der Waals surface area contributed by atoms with Crippen LogP contribution in [0.2, 0.25) is 0 Å². The molecule has 0 spiro atoms. The lowest BCUT2D eigenvalue weighted by Crippen LogP contribution is -2.41. The molecule has 1 aromatic heterocycles. The van der Waals surface area contributed by atoms with Gasteiger partial charge in [0, 0.05) is 59.4 Å². The van der Waals surface area contributed by atoms with Crippen LogP contribution >= 0.6 is 24.0 Å². The first-order valence-corrected chi connectivity index (χ1v) is 10.0. The predicted octanol–water partition coefficient (Wildman–Crippen LogP) is 0.753. The number of nitrogens with zero attached hydrogens (tertiary/aromatic N) is 5. The number of guanidine groups is 1. The molecule has 28 heavy (non-hydrogen) atoms. The van der Waals surface area contributed by atoms with E-state index >= 15 is 0 Å². The van der Waals surface area contributed by atoms with Crippen LogP contribution < -0.4 is 10.6 Å². The third-order valence-corrected chi connectivity index (χ3v) is 4.48. The first kappa shape index (κ1) is 25.1. The summed E-state index contributed by atoms with van der Waals surface area (Å²) in [4.78, 5) is 7.10. The lowest BCUT2D eigenvalue weighted by molar-refractivity contribution is 0.0376. The van der Waals surface area contributed by atoms with E-state index in [1.165, 1.54) is 0 Å². The van der Waals surface area contributed by atoms with Crippen molar-refractivity contribution in [2.45, 2.75) is 32.7 Å². The van der Waals surface area contributed by atoms with Crippen molar-refractivity contribution in [3.05, 3.63) is 12.2 Å². The minimum atomic E-state index is 0. The number of hydrogen-bond acceptors (Lipinski definition) is 6. The van der Waals surface area contributed by atoms with E-state index in [1.807, 2.05) is 0 Å². The molecule has 1 aliphatic rings. The maximum atomic E-state index is 5.39. The van der Waals surface area contributed by atoms with Crippen LogP contribution in [0.4, 0.5) is 0 Å². The maximum absolute atomic E-state index is 5.39. The average Bonchev–Trinajstić information content (AvgIpc) is 3.16. The lowest BCUT2D eigenvalue weighted by Gasteiger charge is -2.26. The topological polar surface area (TPSA) is 88.8 Å². The number of halogens is 1. The number of morpholine rings is 1. The Morgan fingerprint density at radius 1 is 1.21 bits per heavy atom. The van der Waals surface area contributed by atoms with Crippen LogP contribution in [-0.4, -0.2) is 91.8 Å². The summed E-state index contributed by atoms with van der Waals surface area (Å²) < 4.78 is 12.6. The first-order valence-electron chi connectivity index (χ1n) is 10.0. The Hall–Kier alpha value is -0.980. The van der Waals surface area contributed by atoms with Crippen molar-refractivity contribution >= 4 is 29.9 Å². The zero-order valence-corrected chi connectivity index (χ0v) is 19.6. The van der Waals surface area contributed by atoms with Crippen LogP contribution in [0.3, 0.4) is 0 Å². The highest BCUT2D eigenvalue weighted by molar-refractivity contribution is 14.0. The molecule has 2 N–H and O–H groups in total. The highest BCUT2D eigenvalue weighted by atomic mass is 127.